The standard InChI is InChI=1S/C55H38F6/c1-31-13-15-39(25-33(31)3)41-21-17-37(29-51(41)54(56,57)58)35-19-23-45-46-24-20-36(38-18-22-42(52(30-38)55(59,60)61)40-16-14-32(2)34(4)26-40)28-50(46)53(49(45)27-35)47-11-7-5-9-43(47)44-10-6-8-12-48(44)53/h5-30H,1-4H3. The first-order valence-electron chi connectivity index (χ1n) is 20.2. The van der Waals surface area contributed by atoms with Crippen LogP contribution < -0.4 is 0 Å². The third kappa shape index (κ3) is 5.98. The lowest BCUT2D eigenvalue weighted by atomic mass is 9.70. The van der Waals surface area contributed by atoms with Crippen molar-refractivity contribution in [1.29, 1.82) is 0 Å². The van der Waals surface area contributed by atoms with Crippen molar-refractivity contribution in [3.8, 4) is 66.8 Å². The molecule has 0 nitrogen and oxygen atoms in total. The van der Waals surface area contributed by atoms with E-state index in [2.05, 4.69) is 24.3 Å². The van der Waals surface area contributed by atoms with Crippen LogP contribution in [0.15, 0.2) is 158 Å². The van der Waals surface area contributed by atoms with Crippen LogP contribution in [0.25, 0.3) is 66.8 Å². The highest BCUT2D eigenvalue weighted by Gasteiger charge is 2.52. The predicted molar refractivity (Wildman–Crippen MR) is 233 cm³/mol. The average Bonchev–Trinajstić information content (AvgIpc) is 3.71. The molecule has 0 N–H and O–H groups in total. The quantitative estimate of drug-likeness (QED) is 0.155. The Kier molecular flexibility index (Phi) is 8.64. The Bertz CT molecular complexity index is 2900. The molecule has 0 aliphatic heterocycles. The van der Waals surface area contributed by atoms with Gasteiger partial charge < -0.3 is 0 Å². The largest absolute Gasteiger partial charge is 0.417 e. The Morgan fingerprint density at radius 1 is 0.295 bits per heavy atom. The topological polar surface area (TPSA) is 0 Å². The number of alkyl halides is 6. The Morgan fingerprint density at radius 3 is 1.00 bits per heavy atom. The van der Waals surface area contributed by atoms with Gasteiger partial charge in [0.25, 0.3) is 0 Å². The second-order valence-electron chi connectivity index (χ2n) is 16.5. The average molecular weight is 813 g/mol. The van der Waals surface area contributed by atoms with E-state index in [9.17, 15) is 26.3 Å². The van der Waals surface area contributed by atoms with Crippen molar-refractivity contribution in [1.82, 2.24) is 0 Å². The predicted octanol–water partition coefficient (Wildman–Crippen LogP) is 16.0. The molecule has 0 unspecified atom stereocenters. The molecular weight excluding hydrogens is 775 g/mol. The SMILES string of the molecule is Cc1ccc(-c2ccc(-c3ccc4c(c3)C3(c5ccccc5-c5ccccc53)c3cc(-c5ccc(-c6ccc(C)c(C)c6)c(C(F)(F)F)c5)ccc3-4)cc2C(F)(F)F)cc1C. The van der Waals surface area contributed by atoms with Crippen LogP contribution in [0, 0.1) is 27.7 Å². The summed E-state index contributed by atoms with van der Waals surface area (Å²) >= 11 is 0. The third-order valence-electron chi connectivity index (χ3n) is 13.0. The van der Waals surface area contributed by atoms with Crippen LogP contribution >= 0.6 is 0 Å². The number of halogens is 6. The third-order valence-corrected chi connectivity index (χ3v) is 13.0. The van der Waals surface area contributed by atoms with Crippen LogP contribution in [0.3, 0.4) is 0 Å². The summed E-state index contributed by atoms with van der Waals surface area (Å²) in [6.45, 7) is 7.65. The molecule has 1 spiro atoms. The van der Waals surface area contributed by atoms with Crippen LogP contribution in [0.4, 0.5) is 26.3 Å². The molecule has 0 bridgehead atoms. The van der Waals surface area contributed by atoms with Gasteiger partial charge in [-0.25, -0.2) is 0 Å². The van der Waals surface area contributed by atoms with Crippen molar-refractivity contribution in [3.05, 3.63) is 213 Å². The van der Waals surface area contributed by atoms with Crippen molar-refractivity contribution in [2.45, 2.75) is 45.5 Å². The molecule has 0 saturated heterocycles. The van der Waals surface area contributed by atoms with Crippen molar-refractivity contribution in [3.63, 3.8) is 0 Å². The van der Waals surface area contributed by atoms with Crippen molar-refractivity contribution in [2.75, 3.05) is 0 Å². The second kappa shape index (κ2) is 13.7. The lowest BCUT2D eigenvalue weighted by Gasteiger charge is -2.31. The Balaban J connectivity index is 1.18. The minimum Gasteiger partial charge on any atom is -0.166 e. The second-order valence-corrected chi connectivity index (χ2v) is 16.5. The molecule has 0 amide bonds. The fraction of sp³-hybridized carbons (Fsp3) is 0.127. The van der Waals surface area contributed by atoms with Gasteiger partial charge in [0.1, 0.15) is 0 Å². The van der Waals surface area contributed by atoms with Crippen LogP contribution in [0.5, 0.6) is 0 Å². The minimum absolute atomic E-state index is 0.117. The Morgan fingerprint density at radius 2 is 0.623 bits per heavy atom. The smallest absolute Gasteiger partial charge is 0.166 e. The molecule has 0 radical (unpaired) electrons. The van der Waals surface area contributed by atoms with Gasteiger partial charge in [-0.05, 0) is 163 Å². The van der Waals surface area contributed by atoms with E-state index >= 15 is 0 Å². The van der Waals surface area contributed by atoms with Gasteiger partial charge in [-0.2, -0.15) is 26.3 Å². The van der Waals surface area contributed by atoms with Crippen LogP contribution in [0.1, 0.15) is 55.6 Å². The fourth-order valence-corrected chi connectivity index (χ4v) is 9.74. The summed E-state index contributed by atoms with van der Waals surface area (Å²) in [4.78, 5) is 0. The zero-order valence-corrected chi connectivity index (χ0v) is 33.8. The lowest BCUT2D eigenvalue weighted by molar-refractivity contribution is -0.137. The molecule has 8 aromatic carbocycles. The molecule has 2 aliphatic rings. The fourth-order valence-electron chi connectivity index (χ4n) is 9.74. The number of aryl methyl sites for hydroxylation is 4. The van der Waals surface area contributed by atoms with E-state index in [4.69, 9.17) is 0 Å². The summed E-state index contributed by atoms with van der Waals surface area (Å²) in [7, 11) is 0. The molecule has 0 saturated carbocycles. The molecule has 8 aromatic rings. The first-order valence-corrected chi connectivity index (χ1v) is 20.2. The maximum absolute atomic E-state index is 14.9. The van der Waals surface area contributed by atoms with E-state index < -0.39 is 28.9 Å². The first kappa shape index (κ1) is 38.5. The maximum atomic E-state index is 14.9. The Labute approximate surface area is 350 Å². The summed E-state index contributed by atoms with van der Waals surface area (Å²) < 4.78 is 89.5. The number of fused-ring (bicyclic) bond motifs is 10. The minimum atomic E-state index is -4.61. The normalized spacial score (nSPS) is 13.5. The van der Waals surface area contributed by atoms with Crippen molar-refractivity contribution in [2.24, 2.45) is 0 Å². The van der Waals surface area contributed by atoms with Gasteiger partial charge in [0.05, 0.1) is 16.5 Å². The molecule has 0 atom stereocenters. The monoisotopic (exact) mass is 812 g/mol. The lowest BCUT2D eigenvalue weighted by Crippen LogP contribution is -2.26. The maximum Gasteiger partial charge on any atom is 0.417 e. The molecule has 0 fully saturated rings. The van der Waals surface area contributed by atoms with E-state index in [-0.39, 0.29) is 11.1 Å². The van der Waals surface area contributed by atoms with Gasteiger partial charge in [-0.15, -0.1) is 0 Å². The zero-order chi connectivity index (χ0) is 42.6. The van der Waals surface area contributed by atoms with Crippen LogP contribution in [-0.2, 0) is 17.8 Å². The van der Waals surface area contributed by atoms with Crippen molar-refractivity contribution < 1.29 is 26.3 Å². The number of hydrogen-bond acceptors (Lipinski definition) is 0. The first-order chi connectivity index (χ1) is 29.1. The van der Waals surface area contributed by atoms with E-state index in [1.165, 1.54) is 12.1 Å². The summed E-state index contributed by atoms with van der Waals surface area (Å²) in [6, 6.07) is 47.9. The van der Waals surface area contributed by atoms with Gasteiger partial charge in [0.2, 0.25) is 0 Å². The van der Waals surface area contributed by atoms with Gasteiger partial charge in [-0.3, -0.25) is 0 Å². The highest BCUT2D eigenvalue weighted by atomic mass is 19.4. The van der Waals surface area contributed by atoms with Crippen molar-refractivity contribution >= 4 is 0 Å². The van der Waals surface area contributed by atoms with E-state index in [1.807, 2.05) is 100 Å². The summed E-state index contributed by atoms with van der Waals surface area (Å²) in [5.74, 6) is 0. The van der Waals surface area contributed by atoms with E-state index in [1.54, 1.807) is 48.5 Å². The molecule has 10 rings (SSSR count). The van der Waals surface area contributed by atoms with E-state index in [0.717, 1.165) is 66.8 Å². The number of rotatable bonds is 4. The molecule has 300 valence electrons. The van der Waals surface area contributed by atoms with E-state index in [0.29, 0.717) is 33.4 Å². The highest BCUT2D eigenvalue weighted by molar-refractivity contribution is 5.97. The summed E-state index contributed by atoms with van der Waals surface area (Å²) in [6.07, 6.45) is -9.22. The molecule has 61 heavy (non-hydrogen) atoms. The molecule has 0 aromatic heterocycles. The van der Waals surface area contributed by atoms with Crippen LogP contribution in [-0.4, -0.2) is 0 Å². The van der Waals surface area contributed by atoms with Gasteiger partial charge >= 0.3 is 12.4 Å². The van der Waals surface area contributed by atoms with Gasteiger partial charge in [0.15, 0.2) is 0 Å². The summed E-state index contributed by atoms with van der Waals surface area (Å²) in [5.41, 5.74) is 12.6. The molecular formula is C55H38F6. The summed E-state index contributed by atoms with van der Waals surface area (Å²) in [5, 5.41) is 0. The van der Waals surface area contributed by atoms with Gasteiger partial charge in [-0.1, -0.05) is 133 Å². The highest BCUT2D eigenvalue weighted by Crippen LogP contribution is 2.63. The number of benzene rings is 8. The molecule has 2 aliphatic carbocycles. The zero-order valence-electron chi connectivity index (χ0n) is 33.8. The van der Waals surface area contributed by atoms with Gasteiger partial charge in [0, 0.05) is 0 Å². The molecule has 6 heteroatoms. The van der Waals surface area contributed by atoms with Crippen LogP contribution in [0.2, 0.25) is 0 Å². The number of hydrogen-bond donors (Lipinski definition) is 0. The molecule has 0 heterocycles. The Hall–Kier alpha value is -6.66.